The molecule has 0 radical (unpaired) electrons. The highest BCUT2D eigenvalue weighted by atomic mass is 32.2. The lowest BCUT2D eigenvalue weighted by Gasteiger charge is -2.20. The molecule has 3 rings (SSSR count). The van der Waals surface area contributed by atoms with Gasteiger partial charge in [-0.25, -0.2) is 0 Å². The van der Waals surface area contributed by atoms with Crippen LogP contribution in [0, 0.1) is 0 Å². The number of rotatable bonds is 4. The molecular formula is C18H21N3OS. The van der Waals surface area contributed by atoms with E-state index in [1.807, 2.05) is 59.1 Å². The van der Waals surface area contributed by atoms with E-state index in [0.717, 1.165) is 48.0 Å². The highest BCUT2D eigenvalue weighted by molar-refractivity contribution is 7.99. The van der Waals surface area contributed by atoms with Gasteiger partial charge in [0, 0.05) is 36.3 Å². The van der Waals surface area contributed by atoms with Crippen molar-refractivity contribution in [2.45, 2.75) is 13.0 Å². The second-order valence-corrected chi connectivity index (χ2v) is 6.74. The van der Waals surface area contributed by atoms with Gasteiger partial charge in [0.25, 0.3) is 5.91 Å². The molecule has 1 amide bonds. The molecule has 4 nitrogen and oxygen atoms in total. The van der Waals surface area contributed by atoms with E-state index in [1.54, 1.807) is 6.20 Å². The van der Waals surface area contributed by atoms with Gasteiger partial charge in [0.15, 0.2) is 0 Å². The number of aromatic nitrogens is 1. The van der Waals surface area contributed by atoms with Gasteiger partial charge in [-0.1, -0.05) is 12.1 Å². The third-order valence-electron chi connectivity index (χ3n) is 3.82. The summed E-state index contributed by atoms with van der Waals surface area (Å²) in [5, 5.41) is 3.33. The van der Waals surface area contributed by atoms with E-state index in [4.69, 9.17) is 0 Å². The lowest BCUT2D eigenvalue weighted by molar-refractivity contribution is 0.0768. The third kappa shape index (κ3) is 4.48. The number of thioether (sulfide) groups is 1. The molecule has 0 aliphatic carbocycles. The van der Waals surface area contributed by atoms with E-state index in [2.05, 4.69) is 10.3 Å². The number of carbonyl (C=O) groups is 1. The Morgan fingerprint density at radius 1 is 1.17 bits per heavy atom. The molecular weight excluding hydrogens is 306 g/mol. The molecule has 1 aromatic heterocycles. The summed E-state index contributed by atoms with van der Waals surface area (Å²) in [5.74, 6) is 2.31. The van der Waals surface area contributed by atoms with E-state index < -0.39 is 0 Å². The first-order valence-electron chi connectivity index (χ1n) is 7.94. The molecule has 0 bridgehead atoms. The lowest BCUT2D eigenvalue weighted by Crippen LogP contribution is -2.32. The molecule has 0 spiro atoms. The van der Waals surface area contributed by atoms with Gasteiger partial charge in [-0.05, 0) is 42.5 Å². The van der Waals surface area contributed by atoms with Gasteiger partial charge in [-0.2, -0.15) is 11.8 Å². The maximum Gasteiger partial charge on any atom is 0.253 e. The van der Waals surface area contributed by atoms with Gasteiger partial charge >= 0.3 is 0 Å². The fraction of sp³-hybridized carbons (Fsp3) is 0.333. The van der Waals surface area contributed by atoms with Crippen molar-refractivity contribution in [1.82, 2.24) is 9.88 Å². The van der Waals surface area contributed by atoms with Crippen molar-refractivity contribution in [3.63, 3.8) is 0 Å². The zero-order valence-corrected chi connectivity index (χ0v) is 13.9. The highest BCUT2D eigenvalue weighted by Gasteiger charge is 2.17. The fourth-order valence-corrected chi connectivity index (χ4v) is 3.48. The summed E-state index contributed by atoms with van der Waals surface area (Å²) in [6.07, 6.45) is 2.86. The van der Waals surface area contributed by atoms with Crippen molar-refractivity contribution in [3.05, 3.63) is 59.9 Å². The predicted molar refractivity (Wildman–Crippen MR) is 95.9 cm³/mol. The summed E-state index contributed by atoms with van der Waals surface area (Å²) in [6, 6.07) is 13.6. The van der Waals surface area contributed by atoms with Crippen LogP contribution in [0.15, 0.2) is 48.7 Å². The molecule has 2 aromatic rings. The average molecular weight is 327 g/mol. The van der Waals surface area contributed by atoms with Gasteiger partial charge in [-0.3, -0.25) is 9.78 Å². The minimum atomic E-state index is 0.133. The number of benzene rings is 1. The maximum atomic E-state index is 12.7. The van der Waals surface area contributed by atoms with Gasteiger partial charge in [0.2, 0.25) is 0 Å². The number of hydrogen-bond acceptors (Lipinski definition) is 4. The smallest absolute Gasteiger partial charge is 0.253 e. The number of nitrogens with zero attached hydrogens (tertiary/aromatic N) is 2. The molecule has 1 saturated heterocycles. The molecule has 1 aromatic carbocycles. The van der Waals surface area contributed by atoms with Crippen LogP contribution in [0.25, 0.3) is 0 Å². The van der Waals surface area contributed by atoms with E-state index in [0.29, 0.717) is 6.54 Å². The quantitative estimate of drug-likeness (QED) is 0.936. The summed E-state index contributed by atoms with van der Waals surface area (Å²) in [6.45, 7) is 2.35. The Balaban J connectivity index is 1.65. The number of pyridine rings is 1. The summed E-state index contributed by atoms with van der Waals surface area (Å²) in [4.78, 5) is 18.9. The Morgan fingerprint density at radius 2 is 2.13 bits per heavy atom. The first-order chi connectivity index (χ1) is 11.3. The standard InChI is InChI=1S/C18H21N3OS/c22-18(21-9-4-11-23-12-10-21)15-5-3-7-16(13-15)20-14-17-6-1-2-8-19-17/h1-3,5-8,13,20H,4,9-12,14H2. The van der Waals surface area contributed by atoms with Crippen molar-refractivity contribution >= 4 is 23.4 Å². The zero-order chi connectivity index (χ0) is 15.9. The largest absolute Gasteiger partial charge is 0.379 e. The first kappa shape index (κ1) is 15.9. The van der Waals surface area contributed by atoms with Crippen LogP contribution in [0.3, 0.4) is 0 Å². The number of carbonyl (C=O) groups excluding carboxylic acids is 1. The van der Waals surface area contributed by atoms with Crippen LogP contribution in [0.2, 0.25) is 0 Å². The SMILES string of the molecule is O=C(c1cccc(NCc2ccccn2)c1)N1CCCSCC1. The Morgan fingerprint density at radius 3 is 3.00 bits per heavy atom. The maximum absolute atomic E-state index is 12.7. The molecule has 1 N–H and O–H groups in total. The molecule has 0 unspecified atom stereocenters. The van der Waals surface area contributed by atoms with Crippen LogP contribution in [0.5, 0.6) is 0 Å². The topological polar surface area (TPSA) is 45.2 Å². The van der Waals surface area contributed by atoms with Crippen LogP contribution in [0.1, 0.15) is 22.5 Å². The molecule has 23 heavy (non-hydrogen) atoms. The monoisotopic (exact) mass is 327 g/mol. The van der Waals surface area contributed by atoms with Crippen LogP contribution in [0.4, 0.5) is 5.69 Å². The van der Waals surface area contributed by atoms with Crippen molar-refractivity contribution < 1.29 is 4.79 Å². The Kier molecular flexibility index (Phi) is 5.53. The number of hydrogen-bond donors (Lipinski definition) is 1. The summed E-state index contributed by atoms with van der Waals surface area (Å²) in [7, 11) is 0. The number of nitrogens with one attached hydrogen (secondary N) is 1. The van der Waals surface area contributed by atoms with E-state index in [-0.39, 0.29) is 5.91 Å². The Hall–Kier alpha value is -2.01. The lowest BCUT2D eigenvalue weighted by atomic mass is 10.1. The van der Waals surface area contributed by atoms with Crippen LogP contribution in [-0.2, 0) is 6.54 Å². The van der Waals surface area contributed by atoms with Gasteiger partial charge in [0.1, 0.15) is 0 Å². The van der Waals surface area contributed by atoms with Gasteiger partial charge in [-0.15, -0.1) is 0 Å². The van der Waals surface area contributed by atoms with Crippen molar-refractivity contribution in [2.24, 2.45) is 0 Å². The number of amides is 1. The van der Waals surface area contributed by atoms with Crippen LogP contribution >= 0.6 is 11.8 Å². The predicted octanol–water partition coefficient (Wildman–Crippen LogP) is 3.27. The average Bonchev–Trinajstić information content (AvgIpc) is 2.90. The Bertz CT molecular complexity index is 640. The summed E-state index contributed by atoms with van der Waals surface area (Å²) >= 11 is 1.93. The normalized spacial score (nSPS) is 15.0. The van der Waals surface area contributed by atoms with Crippen molar-refractivity contribution in [2.75, 3.05) is 29.9 Å². The van der Waals surface area contributed by atoms with Crippen molar-refractivity contribution in [1.29, 1.82) is 0 Å². The summed E-state index contributed by atoms with van der Waals surface area (Å²) < 4.78 is 0. The third-order valence-corrected chi connectivity index (χ3v) is 4.87. The van der Waals surface area contributed by atoms with Crippen molar-refractivity contribution in [3.8, 4) is 0 Å². The second-order valence-electron chi connectivity index (χ2n) is 5.51. The van der Waals surface area contributed by atoms with E-state index in [1.165, 1.54) is 0 Å². The molecule has 120 valence electrons. The molecule has 5 heteroatoms. The molecule has 0 saturated carbocycles. The number of anilines is 1. The van der Waals surface area contributed by atoms with Crippen LogP contribution in [-0.4, -0.2) is 40.4 Å². The van der Waals surface area contributed by atoms with Gasteiger partial charge < -0.3 is 10.2 Å². The first-order valence-corrected chi connectivity index (χ1v) is 9.09. The molecule has 1 aliphatic heterocycles. The highest BCUT2D eigenvalue weighted by Crippen LogP contribution is 2.16. The molecule has 1 fully saturated rings. The second kappa shape index (κ2) is 8.02. The zero-order valence-electron chi connectivity index (χ0n) is 13.1. The molecule has 1 aliphatic rings. The van der Waals surface area contributed by atoms with Crippen LogP contribution < -0.4 is 5.32 Å². The molecule has 2 heterocycles. The summed E-state index contributed by atoms with van der Waals surface area (Å²) in [5.41, 5.74) is 2.68. The minimum Gasteiger partial charge on any atom is -0.379 e. The molecule has 0 atom stereocenters. The minimum absolute atomic E-state index is 0.133. The van der Waals surface area contributed by atoms with E-state index in [9.17, 15) is 4.79 Å². The van der Waals surface area contributed by atoms with Gasteiger partial charge in [0.05, 0.1) is 12.2 Å². The fourth-order valence-electron chi connectivity index (χ4n) is 2.59. The van der Waals surface area contributed by atoms with E-state index >= 15 is 0 Å². The Labute approximate surface area is 141 Å².